The number of aromatic amines is 1. The Balaban J connectivity index is 1.75. The van der Waals surface area contributed by atoms with Gasteiger partial charge in [-0.05, 0) is 39.9 Å². The molecule has 0 radical (unpaired) electrons. The molecular formula is C17H19BrN4O. The lowest BCUT2D eigenvalue weighted by Crippen LogP contribution is -2.21. The van der Waals surface area contributed by atoms with E-state index in [4.69, 9.17) is 0 Å². The number of benzene rings is 1. The molecule has 0 bridgehead atoms. The van der Waals surface area contributed by atoms with E-state index >= 15 is 0 Å². The predicted octanol–water partition coefficient (Wildman–Crippen LogP) is 3.24. The number of anilines is 1. The zero-order valence-electron chi connectivity index (χ0n) is 13.2. The van der Waals surface area contributed by atoms with Gasteiger partial charge in [0.25, 0.3) is 5.56 Å². The van der Waals surface area contributed by atoms with Crippen LogP contribution in [0.5, 0.6) is 0 Å². The summed E-state index contributed by atoms with van der Waals surface area (Å²) >= 11 is 3.33. The summed E-state index contributed by atoms with van der Waals surface area (Å²) in [5.41, 5.74) is 4.41. The second-order valence-electron chi connectivity index (χ2n) is 5.48. The minimum Gasteiger partial charge on any atom is -0.382 e. The van der Waals surface area contributed by atoms with Gasteiger partial charge in [-0.25, -0.2) is 4.68 Å². The summed E-state index contributed by atoms with van der Waals surface area (Å²) in [7, 11) is 1.63. The smallest absolute Gasteiger partial charge is 0.282 e. The summed E-state index contributed by atoms with van der Waals surface area (Å²) in [6, 6.07) is 6.41. The maximum absolute atomic E-state index is 11.8. The molecule has 0 saturated carbocycles. The molecule has 0 aliphatic carbocycles. The third-order valence-corrected chi connectivity index (χ3v) is 4.82. The maximum Gasteiger partial charge on any atom is 0.282 e. The monoisotopic (exact) mass is 374 g/mol. The van der Waals surface area contributed by atoms with Crippen LogP contribution in [0.15, 0.2) is 39.9 Å². The number of para-hydroxylation sites is 1. The van der Waals surface area contributed by atoms with Crippen molar-refractivity contribution in [1.82, 2.24) is 14.8 Å². The Bertz CT molecular complexity index is 897. The van der Waals surface area contributed by atoms with Crippen LogP contribution in [0.1, 0.15) is 18.1 Å². The predicted molar refractivity (Wildman–Crippen MR) is 97.0 cm³/mol. The first-order valence-corrected chi connectivity index (χ1v) is 8.44. The van der Waals surface area contributed by atoms with E-state index in [2.05, 4.69) is 62.6 Å². The highest BCUT2D eigenvalue weighted by Gasteiger charge is 2.08. The number of hydrogen-bond donors (Lipinski definition) is 2. The van der Waals surface area contributed by atoms with E-state index < -0.39 is 0 Å². The van der Waals surface area contributed by atoms with E-state index in [-0.39, 0.29) is 5.56 Å². The van der Waals surface area contributed by atoms with Crippen LogP contribution < -0.4 is 10.9 Å². The molecule has 6 heteroatoms. The number of aromatic nitrogens is 3. The fourth-order valence-electron chi connectivity index (χ4n) is 2.74. The number of nitrogens with zero attached hydrogens (tertiary/aromatic N) is 2. The lowest BCUT2D eigenvalue weighted by atomic mass is 10.1. The van der Waals surface area contributed by atoms with Crippen LogP contribution >= 0.6 is 15.9 Å². The fraction of sp³-hybridized carbons (Fsp3) is 0.294. The molecule has 0 fully saturated rings. The molecule has 3 aromatic rings. The molecule has 2 N–H and O–H groups in total. The van der Waals surface area contributed by atoms with Crippen molar-refractivity contribution in [3.8, 4) is 0 Å². The summed E-state index contributed by atoms with van der Waals surface area (Å²) in [6.07, 6.45) is 5.62. The first-order valence-electron chi connectivity index (χ1n) is 7.65. The SMILES string of the molecule is CCc1cccc2c(CCNc3cnn(C)c(=O)c3Br)c[nH]c12. The van der Waals surface area contributed by atoms with Crippen molar-refractivity contribution in [2.24, 2.45) is 7.05 Å². The Hall–Kier alpha value is -2.08. The van der Waals surface area contributed by atoms with Gasteiger partial charge in [0.15, 0.2) is 0 Å². The molecule has 0 spiro atoms. The largest absolute Gasteiger partial charge is 0.382 e. The third kappa shape index (κ3) is 3.03. The van der Waals surface area contributed by atoms with Crippen molar-refractivity contribution in [3.05, 3.63) is 56.5 Å². The van der Waals surface area contributed by atoms with Crippen LogP contribution in [0.25, 0.3) is 10.9 Å². The molecule has 120 valence electrons. The maximum atomic E-state index is 11.8. The average molecular weight is 375 g/mol. The molecule has 0 aliphatic heterocycles. The van der Waals surface area contributed by atoms with Gasteiger partial charge in [-0.3, -0.25) is 4.79 Å². The highest BCUT2D eigenvalue weighted by atomic mass is 79.9. The quantitative estimate of drug-likeness (QED) is 0.720. The summed E-state index contributed by atoms with van der Waals surface area (Å²) in [4.78, 5) is 15.2. The molecule has 5 nitrogen and oxygen atoms in total. The van der Waals surface area contributed by atoms with Gasteiger partial charge in [0, 0.05) is 30.7 Å². The number of aryl methyl sites for hydroxylation is 2. The molecule has 2 heterocycles. The molecule has 2 aromatic heterocycles. The van der Waals surface area contributed by atoms with E-state index in [1.807, 2.05) is 0 Å². The van der Waals surface area contributed by atoms with E-state index in [9.17, 15) is 4.79 Å². The van der Waals surface area contributed by atoms with Crippen molar-refractivity contribution in [3.63, 3.8) is 0 Å². The Morgan fingerprint density at radius 1 is 1.35 bits per heavy atom. The van der Waals surface area contributed by atoms with Crippen molar-refractivity contribution in [1.29, 1.82) is 0 Å². The minimum atomic E-state index is -0.144. The second-order valence-corrected chi connectivity index (χ2v) is 6.28. The van der Waals surface area contributed by atoms with Crippen molar-refractivity contribution in [2.75, 3.05) is 11.9 Å². The van der Waals surface area contributed by atoms with Gasteiger partial charge in [-0.2, -0.15) is 5.10 Å². The molecular weight excluding hydrogens is 356 g/mol. The van der Waals surface area contributed by atoms with E-state index in [0.29, 0.717) is 4.47 Å². The number of hydrogen-bond acceptors (Lipinski definition) is 3. The Labute approximate surface area is 142 Å². The van der Waals surface area contributed by atoms with Gasteiger partial charge in [-0.1, -0.05) is 25.1 Å². The molecule has 1 aromatic carbocycles. The Morgan fingerprint density at radius 2 is 2.17 bits per heavy atom. The van der Waals surface area contributed by atoms with Crippen molar-refractivity contribution < 1.29 is 0 Å². The molecule has 0 unspecified atom stereocenters. The first-order chi connectivity index (χ1) is 11.1. The van der Waals surface area contributed by atoms with Crippen LogP contribution in [-0.2, 0) is 19.9 Å². The summed E-state index contributed by atoms with van der Waals surface area (Å²) in [5.74, 6) is 0. The lowest BCUT2D eigenvalue weighted by Gasteiger charge is -2.08. The average Bonchev–Trinajstić information content (AvgIpc) is 2.98. The summed E-state index contributed by atoms with van der Waals surface area (Å²) in [6.45, 7) is 2.90. The highest BCUT2D eigenvalue weighted by molar-refractivity contribution is 9.10. The van der Waals surface area contributed by atoms with Crippen molar-refractivity contribution in [2.45, 2.75) is 19.8 Å². The van der Waals surface area contributed by atoms with Crippen LogP contribution in [0, 0.1) is 0 Å². The van der Waals surface area contributed by atoms with Gasteiger partial charge >= 0.3 is 0 Å². The van der Waals surface area contributed by atoms with Gasteiger partial charge in [0.1, 0.15) is 4.47 Å². The Kier molecular flexibility index (Phi) is 4.52. The summed E-state index contributed by atoms with van der Waals surface area (Å²) < 4.78 is 1.82. The summed E-state index contributed by atoms with van der Waals surface area (Å²) in [5, 5.41) is 8.58. The number of halogens is 1. The van der Waals surface area contributed by atoms with Gasteiger partial charge < -0.3 is 10.3 Å². The standard InChI is InChI=1S/C17H19BrN4O/c1-3-11-5-4-6-13-12(9-20-16(11)13)7-8-19-14-10-21-22(2)17(23)15(14)18/h4-6,9-10,19-20H,3,7-8H2,1-2H3. The first kappa shape index (κ1) is 15.8. The number of fused-ring (bicyclic) bond motifs is 1. The molecule has 3 rings (SSSR count). The molecule has 0 amide bonds. The molecule has 23 heavy (non-hydrogen) atoms. The van der Waals surface area contributed by atoms with Crippen LogP contribution in [-0.4, -0.2) is 21.3 Å². The number of H-pyrrole nitrogens is 1. The van der Waals surface area contributed by atoms with Gasteiger partial charge in [-0.15, -0.1) is 0 Å². The minimum absolute atomic E-state index is 0.144. The second kappa shape index (κ2) is 6.58. The lowest BCUT2D eigenvalue weighted by molar-refractivity contribution is 0.703. The molecule has 0 atom stereocenters. The van der Waals surface area contributed by atoms with Crippen molar-refractivity contribution >= 4 is 32.5 Å². The Morgan fingerprint density at radius 3 is 2.96 bits per heavy atom. The molecule has 0 aliphatic rings. The van der Waals surface area contributed by atoms with E-state index in [1.165, 1.54) is 26.7 Å². The van der Waals surface area contributed by atoms with Crippen LogP contribution in [0.4, 0.5) is 5.69 Å². The van der Waals surface area contributed by atoms with Gasteiger partial charge in [0.05, 0.1) is 11.9 Å². The number of rotatable bonds is 5. The fourth-order valence-corrected chi connectivity index (χ4v) is 3.24. The molecule has 0 saturated heterocycles. The van der Waals surface area contributed by atoms with Crippen LogP contribution in [0.2, 0.25) is 0 Å². The zero-order chi connectivity index (χ0) is 16.4. The third-order valence-electron chi connectivity index (χ3n) is 4.06. The van der Waals surface area contributed by atoms with E-state index in [1.54, 1.807) is 13.2 Å². The topological polar surface area (TPSA) is 62.7 Å². The zero-order valence-corrected chi connectivity index (χ0v) is 14.8. The van der Waals surface area contributed by atoms with Crippen LogP contribution in [0.3, 0.4) is 0 Å². The van der Waals surface area contributed by atoms with E-state index in [0.717, 1.165) is 25.1 Å². The van der Waals surface area contributed by atoms with Gasteiger partial charge in [0.2, 0.25) is 0 Å². The number of nitrogens with one attached hydrogen (secondary N) is 2. The normalized spacial score (nSPS) is 11.1. The highest BCUT2D eigenvalue weighted by Crippen LogP contribution is 2.23.